The molecule has 1 atom stereocenters. The first-order valence-electron chi connectivity index (χ1n) is 9.73. The van der Waals surface area contributed by atoms with Crippen LogP contribution in [0.5, 0.6) is 5.75 Å². The van der Waals surface area contributed by atoms with Crippen molar-refractivity contribution in [1.82, 2.24) is 5.32 Å². The van der Waals surface area contributed by atoms with E-state index >= 15 is 0 Å². The molecule has 11 heteroatoms. The van der Waals surface area contributed by atoms with Crippen molar-refractivity contribution in [1.29, 1.82) is 0 Å². The number of nitrogens with zero attached hydrogens (tertiary/aromatic N) is 1. The second-order valence-electron chi connectivity index (χ2n) is 7.39. The maximum absolute atomic E-state index is 12.3. The Morgan fingerprint density at radius 2 is 1.72 bits per heavy atom. The zero-order valence-electron chi connectivity index (χ0n) is 18.3. The van der Waals surface area contributed by atoms with Crippen LogP contribution in [0.2, 0.25) is 5.02 Å². The molecule has 0 aliphatic carbocycles. The Kier molecular flexibility index (Phi) is 8.55. The van der Waals surface area contributed by atoms with Crippen LogP contribution >= 0.6 is 11.6 Å². The molecule has 0 aliphatic rings. The lowest BCUT2D eigenvalue weighted by Crippen LogP contribution is -2.32. The highest BCUT2D eigenvalue weighted by molar-refractivity contribution is 7.92. The maximum atomic E-state index is 12.3. The number of carbonyl (C=O) groups is 1. The monoisotopic (exact) mass is 502 g/mol. The predicted molar refractivity (Wildman–Crippen MR) is 126 cm³/mol. The molecular weight excluding hydrogens is 476 g/mol. The smallest absolute Gasteiger partial charge is 0.232 e. The molecule has 32 heavy (non-hydrogen) atoms. The van der Waals surface area contributed by atoms with Crippen molar-refractivity contribution in [3.63, 3.8) is 0 Å². The molecule has 0 aliphatic heterocycles. The van der Waals surface area contributed by atoms with Crippen LogP contribution in [0.3, 0.4) is 0 Å². The Balaban J connectivity index is 1.98. The average molecular weight is 503 g/mol. The topological polar surface area (TPSA) is 110 Å². The molecule has 0 radical (unpaired) electrons. The van der Waals surface area contributed by atoms with E-state index in [1.165, 1.54) is 29.6 Å². The molecule has 0 unspecified atom stereocenters. The van der Waals surface area contributed by atoms with Gasteiger partial charge in [-0.2, -0.15) is 0 Å². The van der Waals surface area contributed by atoms with Crippen LogP contribution in [0.4, 0.5) is 5.69 Å². The Morgan fingerprint density at radius 1 is 1.09 bits per heavy atom. The fourth-order valence-corrected chi connectivity index (χ4v) is 4.92. The number of benzene rings is 2. The van der Waals surface area contributed by atoms with E-state index in [1.54, 1.807) is 31.2 Å². The van der Waals surface area contributed by atoms with Gasteiger partial charge >= 0.3 is 0 Å². The molecular formula is C21H27ClN2O6S2. The minimum atomic E-state index is -3.58. The van der Waals surface area contributed by atoms with E-state index in [-0.39, 0.29) is 34.8 Å². The number of anilines is 1. The summed E-state index contributed by atoms with van der Waals surface area (Å²) in [5, 5.41) is 3.12. The molecule has 1 amide bonds. The summed E-state index contributed by atoms with van der Waals surface area (Å²) in [5.41, 5.74) is 1.15. The van der Waals surface area contributed by atoms with Crippen LogP contribution in [0, 0.1) is 0 Å². The van der Waals surface area contributed by atoms with Gasteiger partial charge in [0.15, 0.2) is 9.84 Å². The number of hydrogen-bond donors (Lipinski definition) is 1. The molecule has 2 aromatic rings. The van der Waals surface area contributed by atoms with Gasteiger partial charge in [-0.3, -0.25) is 9.10 Å². The minimum Gasteiger partial charge on any atom is -0.495 e. The molecule has 0 saturated carbocycles. The molecule has 0 aromatic heterocycles. The second-order valence-corrected chi connectivity index (χ2v) is 11.7. The lowest BCUT2D eigenvalue weighted by Gasteiger charge is -2.23. The normalized spacial score (nSPS) is 12.8. The van der Waals surface area contributed by atoms with Gasteiger partial charge in [0.05, 0.1) is 35.0 Å². The van der Waals surface area contributed by atoms with Crippen molar-refractivity contribution in [2.45, 2.75) is 30.7 Å². The molecule has 2 rings (SSSR count). The van der Waals surface area contributed by atoms with Crippen LogP contribution in [-0.2, 0) is 24.7 Å². The fraction of sp³-hybridized carbons (Fsp3) is 0.381. The van der Waals surface area contributed by atoms with Gasteiger partial charge in [-0.15, -0.1) is 0 Å². The SMILES string of the molecule is COc1ccc(N(CCCC(=O)N[C@@H](C)c2ccc(S(C)(=O)=O)cc2)S(C)(=O)=O)cc1Cl. The molecule has 0 saturated heterocycles. The Bertz CT molecular complexity index is 1170. The van der Waals surface area contributed by atoms with E-state index in [1.807, 2.05) is 0 Å². The number of nitrogens with one attached hydrogen (secondary N) is 1. The van der Waals surface area contributed by atoms with Gasteiger partial charge in [0.25, 0.3) is 0 Å². The van der Waals surface area contributed by atoms with Gasteiger partial charge in [0.1, 0.15) is 5.75 Å². The number of amides is 1. The van der Waals surface area contributed by atoms with E-state index < -0.39 is 19.9 Å². The number of hydrogen-bond acceptors (Lipinski definition) is 6. The third kappa shape index (κ3) is 7.11. The van der Waals surface area contributed by atoms with Gasteiger partial charge in [-0.1, -0.05) is 23.7 Å². The standard InChI is InChI=1S/C21H27ClN2O6S2/c1-15(16-7-10-18(11-8-16)31(3,26)27)23-21(25)6-5-13-24(32(4,28)29)17-9-12-20(30-2)19(22)14-17/h7-12,14-15H,5-6,13H2,1-4H3,(H,23,25)/t15-/m0/s1. The minimum absolute atomic E-state index is 0.104. The van der Waals surface area contributed by atoms with Gasteiger partial charge in [-0.25, -0.2) is 16.8 Å². The molecule has 0 spiro atoms. The highest BCUT2D eigenvalue weighted by Gasteiger charge is 2.19. The van der Waals surface area contributed by atoms with Crippen molar-refractivity contribution in [3.8, 4) is 5.75 Å². The molecule has 2 aromatic carbocycles. The average Bonchev–Trinajstić information content (AvgIpc) is 2.69. The first-order valence-corrected chi connectivity index (χ1v) is 13.9. The van der Waals surface area contributed by atoms with E-state index in [9.17, 15) is 21.6 Å². The van der Waals surface area contributed by atoms with E-state index in [0.717, 1.165) is 18.1 Å². The molecule has 8 nitrogen and oxygen atoms in total. The van der Waals surface area contributed by atoms with Gasteiger partial charge in [0, 0.05) is 19.2 Å². The molecule has 176 valence electrons. The first-order chi connectivity index (χ1) is 14.8. The third-order valence-corrected chi connectivity index (χ3v) is 7.39. The molecule has 1 N–H and O–H groups in total. The maximum Gasteiger partial charge on any atom is 0.232 e. The second kappa shape index (κ2) is 10.5. The highest BCUT2D eigenvalue weighted by atomic mass is 35.5. The predicted octanol–water partition coefficient (Wildman–Crippen LogP) is 3.18. The number of halogens is 1. The summed E-state index contributed by atoms with van der Waals surface area (Å²) in [7, 11) is -5.40. The number of sulfone groups is 1. The molecule has 0 fully saturated rings. The molecule has 0 heterocycles. The summed E-state index contributed by atoms with van der Waals surface area (Å²) in [4.78, 5) is 12.6. The summed E-state index contributed by atoms with van der Waals surface area (Å²) in [6.45, 7) is 1.89. The summed E-state index contributed by atoms with van der Waals surface area (Å²) in [5.74, 6) is 0.188. The fourth-order valence-electron chi connectivity index (χ4n) is 3.08. The van der Waals surface area contributed by atoms with Crippen molar-refractivity contribution in [2.24, 2.45) is 0 Å². The lowest BCUT2D eigenvalue weighted by atomic mass is 10.1. The molecule has 0 bridgehead atoms. The van der Waals surface area contributed by atoms with E-state index in [0.29, 0.717) is 17.9 Å². The highest BCUT2D eigenvalue weighted by Crippen LogP contribution is 2.30. The number of sulfonamides is 1. The third-order valence-electron chi connectivity index (χ3n) is 4.77. The lowest BCUT2D eigenvalue weighted by molar-refractivity contribution is -0.121. The Hall–Kier alpha value is -2.30. The Labute approximate surface area is 194 Å². The van der Waals surface area contributed by atoms with Crippen LogP contribution in [-0.4, -0.2) is 48.9 Å². The van der Waals surface area contributed by atoms with Crippen LogP contribution in [0.1, 0.15) is 31.4 Å². The summed E-state index contributed by atoms with van der Waals surface area (Å²) >= 11 is 6.11. The van der Waals surface area contributed by atoms with E-state index in [2.05, 4.69) is 5.32 Å². The van der Waals surface area contributed by atoms with Crippen molar-refractivity contribution >= 4 is 43.1 Å². The van der Waals surface area contributed by atoms with Crippen molar-refractivity contribution in [3.05, 3.63) is 53.1 Å². The number of rotatable bonds is 10. The van der Waals surface area contributed by atoms with Crippen molar-refractivity contribution < 1.29 is 26.4 Å². The quantitative estimate of drug-likeness (QED) is 0.534. The van der Waals surface area contributed by atoms with Crippen LogP contribution < -0.4 is 14.4 Å². The van der Waals surface area contributed by atoms with Crippen molar-refractivity contribution in [2.75, 3.05) is 30.5 Å². The first kappa shape index (κ1) is 26.0. The number of ether oxygens (including phenoxy) is 1. The number of methoxy groups -OCH3 is 1. The van der Waals surface area contributed by atoms with Crippen LogP contribution in [0.15, 0.2) is 47.4 Å². The zero-order chi connectivity index (χ0) is 24.1. The van der Waals surface area contributed by atoms with Gasteiger partial charge in [-0.05, 0) is 49.2 Å². The number of carbonyl (C=O) groups excluding carboxylic acids is 1. The Morgan fingerprint density at radius 3 is 2.22 bits per heavy atom. The van der Waals surface area contributed by atoms with E-state index in [4.69, 9.17) is 16.3 Å². The van der Waals surface area contributed by atoms with Gasteiger partial charge in [0.2, 0.25) is 15.9 Å². The summed E-state index contributed by atoms with van der Waals surface area (Å²) in [6, 6.07) is 10.6. The van der Waals surface area contributed by atoms with Crippen LogP contribution in [0.25, 0.3) is 0 Å². The zero-order valence-corrected chi connectivity index (χ0v) is 20.7. The van der Waals surface area contributed by atoms with Gasteiger partial charge < -0.3 is 10.1 Å². The summed E-state index contributed by atoms with van der Waals surface area (Å²) in [6.07, 6.45) is 2.63. The summed E-state index contributed by atoms with van der Waals surface area (Å²) < 4.78 is 53.9. The largest absolute Gasteiger partial charge is 0.495 e.